The van der Waals surface area contributed by atoms with Gasteiger partial charge in [0, 0.05) is 19.3 Å². The Morgan fingerprint density at radius 1 is 0.235 bits per heavy atom. The second-order valence-electron chi connectivity index (χ2n) is 21.3. The van der Waals surface area contributed by atoms with E-state index < -0.39 is 6.10 Å². The number of rotatable bonds is 58. The summed E-state index contributed by atoms with van der Waals surface area (Å²) in [6.45, 7) is 6.70. The molecule has 0 radical (unpaired) electrons. The smallest absolute Gasteiger partial charge is 0.306 e. The number of esters is 3. The maximum atomic E-state index is 12.8. The summed E-state index contributed by atoms with van der Waals surface area (Å²) in [5, 5.41) is 0. The van der Waals surface area contributed by atoms with Gasteiger partial charge >= 0.3 is 17.9 Å². The van der Waals surface area contributed by atoms with E-state index >= 15 is 0 Å². The molecule has 1 atom stereocenters. The Labute approximate surface area is 425 Å². The molecule has 0 aromatic heterocycles. The molecule has 404 valence electrons. The molecule has 0 aromatic carbocycles. The van der Waals surface area contributed by atoms with Crippen LogP contribution in [0.5, 0.6) is 0 Å². The summed E-state index contributed by atoms with van der Waals surface area (Å²) in [4.78, 5) is 38.1. The highest BCUT2D eigenvalue weighted by molar-refractivity contribution is 5.71. The topological polar surface area (TPSA) is 78.9 Å². The van der Waals surface area contributed by atoms with Crippen molar-refractivity contribution in [3.63, 3.8) is 0 Å². The molecule has 6 nitrogen and oxygen atoms in total. The molecular weight excluding hydrogens is 841 g/mol. The Hall–Kier alpha value is -1.59. The van der Waals surface area contributed by atoms with Crippen molar-refractivity contribution < 1.29 is 28.6 Å². The van der Waals surface area contributed by atoms with Gasteiger partial charge in [-0.05, 0) is 19.3 Å². The number of carbonyl (C=O) groups is 3. The number of ether oxygens (including phenoxy) is 3. The van der Waals surface area contributed by atoms with Crippen molar-refractivity contribution >= 4 is 17.9 Å². The first-order valence-electron chi connectivity index (χ1n) is 31.0. The van der Waals surface area contributed by atoms with Gasteiger partial charge in [0.1, 0.15) is 13.2 Å². The van der Waals surface area contributed by atoms with Gasteiger partial charge in [-0.2, -0.15) is 0 Å². The van der Waals surface area contributed by atoms with Crippen molar-refractivity contribution in [2.75, 3.05) is 13.2 Å². The summed E-state index contributed by atoms with van der Waals surface area (Å²) >= 11 is 0. The third-order valence-electron chi connectivity index (χ3n) is 14.4. The van der Waals surface area contributed by atoms with Crippen LogP contribution in [-0.4, -0.2) is 37.2 Å². The Balaban J connectivity index is 4.07. The van der Waals surface area contributed by atoms with E-state index in [2.05, 4.69) is 20.8 Å². The van der Waals surface area contributed by atoms with Crippen LogP contribution in [0.1, 0.15) is 361 Å². The first kappa shape index (κ1) is 66.4. The van der Waals surface area contributed by atoms with Gasteiger partial charge in [0.25, 0.3) is 0 Å². The van der Waals surface area contributed by atoms with Crippen LogP contribution in [0.15, 0.2) is 0 Å². The second kappa shape index (κ2) is 58.0. The lowest BCUT2D eigenvalue weighted by Gasteiger charge is -2.18. The van der Waals surface area contributed by atoms with E-state index in [1.165, 1.54) is 263 Å². The quantitative estimate of drug-likeness (QED) is 0.0343. The molecule has 0 spiro atoms. The summed E-state index contributed by atoms with van der Waals surface area (Å²) < 4.78 is 16.9. The summed E-state index contributed by atoms with van der Waals surface area (Å²) in [5.74, 6) is -0.834. The maximum absolute atomic E-state index is 12.8. The zero-order chi connectivity index (χ0) is 49.3. The molecule has 0 aliphatic heterocycles. The minimum Gasteiger partial charge on any atom is -0.462 e. The van der Waals surface area contributed by atoms with Gasteiger partial charge in [0.15, 0.2) is 6.10 Å². The lowest BCUT2D eigenvalue weighted by atomic mass is 10.0. The van der Waals surface area contributed by atoms with Crippen LogP contribution in [-0.2, 0) is 28.6 Å². The van der Waals surface area contributed by atoms with Crippen molar-refractivity contribution in [1.82, 2.24) is 0 Å². The Kier molecular flexibility index (Phi) is 56.6. The molecule has 1 unspecified atom stereocenters. The number of hydrogen-bond acceptors (Lipinski definition) is 6. The summed E-state index contributed by atoms with van der Waals surface area (Å²) in [6, 6.07) is 0. The third kappa shape index (κ3) is 55.3. The zero-order valence-electron chi connectivity index (χ0n) is 46.4. The van der Waals surface area contributed by atoms with E-state index in [0.717, 1.165) is 57.8 Å². The molecule has 0 rings (SSSR count). The van der Waals surface area contributed by atoms with Gasteiger partial charge in [0.2, 0.25) is 0 Å². The molecule has 0 aliphatic carbocycles. The van der Waals surface area contributed by atoms with Gasteiger partial charge in [-0.25, -0.2) is 0 Å². The molecule has 0 aromatic rings. The fraction of sp³-hybridized carbons (Fsp3) is 0.952. The monoisotopic (exact) mass is 961 g/mol. The van der Waals surface area contributed by atoms with Crippen molar-refractivity contribution in [3.05, 3.63) is 0 Å². The van der Waals surface area contributed by atoms with E-state index in [0.29, 0.717) is 19.3 Å². The zero-order valence-corrected chi connectivity index (χ0v) is 46.4. The predicted molar refractivity (Wildman–Crippen MR) is 294 cm³/mol. The largest absolute Gasteiger partial charge is 0.462 e. The summed E-state index contributed by atoms with van der Waals surface area (Å²) in [6.07, 6.45) is 65.5. The lowest BCUT2D eigenvalue weighted by molar-refractivity contribution is -0.167. The fourth-order valence-corrected chi connectivity index (χ4v) is 9.68. The van der Waals surface area contributed by atoms with E-state index in [4.69, 9.17) is 14.2 Å². The summed E-state index contributed by atoms with van der Waals surface area (Å²) in [7, 11) is 0. The van der Waals surface area contributed by atoms with Gasteiger partial charge < -0.3 is 14.2 Å². The lowest BCUT2D eigenvalue weighted by Crippen LogP contribution is -2.30. The van der Waals surface area contributed by atoms with Gasteiger partial charge in [-0.15, -0.1) is 0 Å². The Morgan fingerprint density at radius 2 is 0.397 bits per heavy atom. The Morgan fingerprint density at radius 3 is 0.588 bits per heavy atom. The van der Waals surface area contributed by atoms with E-state index in [9.17, 15) is 14.4 Å². The van der Waals surface area contributed by atoms with Crippen molar-refractivity contribution in [2.45, 2.75) is 367 Å². The average molecular weight is 962 g/mol. The maximum Gasteiger partial charge on any atom is 0.306 e. The minimum absolute atomic E-state index is 0.0613. The molecule has 0 fully saturated rings. The Bertz CT molecular complexity index is 1010. The molecule has 0 amide bonds. The first-order chi connectivity index (χ1) is 33.5. The highest BCUT2D eigenvalue weighted by atomic mass is 16.6. The predicted octanol–water partition coefficient (Wildman–Crippen LogP) is 20.7. The van der Waals surface area contributed by atoms with Gasteiger partial charge in [-0.1, -0.05) is 323 Å². The van der Waals surface area contributed by atoms with Crippen molar-refractivity contribution in [2.24, 2.45) is 0 Å². The van der Waals surface area contributed by atoms with Crippen LogP contribution in [0.2, 0.25) is 0 Å². The highest BCUT2D eigenvalue weighted by Gasteiger charge is 2.19. The van der Waals surface area contributed by atoms with E-state index in [1.54, 1.807) is 0 Å². The van der Waals surface area contributed by atoms with Crippen LogP contribution < -0.4 is 0 Å². The van der Waals surface area contributed by atoms with Crippen LogP contribution in [0.3, 0.4) is 0 Å². The van der Waals surface area contributed by atoms with Crippen LogP contribution >= 0.6 is 0 Å². The second-order valence-corrected chi connectivity index (χ2v) is 21.3. The van der Waals surface area contributed by atoms with E-state index in [1.807, 2.05) is 0 Å². The number of carbonyl (C=O) groups excluding carboxylic acids is 3. The molecule has 68 heavy (non-hydrogen) atoms. The van der Waals surface area contributed by atoms with Crippen molar-refractivity contribution in [1.29, 1.82) is 0 Å². The molecule has 6 heteroatoms. The summed E-state index contributed by atoms with van der Waals surface area (Å²) in [5.41, 5.74) is 0. The SMILES string of the molecule is CCCCCCCCCCCCCCCCCCCCCCCCCCCCCC(=O)OCC(COC(=O)CCCCCCCCCCCCC)OC(=O)CCCCCCCCCCCCCC. The molecule has 0 bridgehead atoms. The van der Waals surface area contributed by atoms with Gasteiger partial charge in [0.05, 0.1) is 0 Å². The van der Waals surface area contributed by atoms with Crippen LogP contribution in [0.4, 0.5) is 0 Å². The third-order valence-corrected chi connectivity index (χ3v) is 14.4. The molecule has 0 saturated carbocycles. The van der Waals surface area contributed by atoms with E-state index in [-0.39, 0.29) is 31.1 Å². The first-order valence-corrected chi connectivity index (χ1v) is 31.0. The molecule has 0 aliphatic rings. The highest BCUT2D eigenvalue weighted by Crippen LogP contribution is 2.18. The molecule has 0 heterocycles. The number of unbranched alkanes of at least 4 members (excludes halogenated alkanes) is 47. The standard InChI is InChI=1S/C62H120O6/c1-4-7-10-13-16-19-22-24-25-26-27-28-29-30-31-32-33-34-35-36-37-38-41-43-46-49-52-55-61(64)67-58-59(57-66-60(63)54-51-48-45-42-39-21-18-15-12-9-6-3)68-62(65)56-53-50-47-44-40-23-20-17-14-11-8-5-2/h59H,4-58H2,1-3H3. The van der Waals surface area contributed by atoms with Crippen LogP contribution in [0.25, 0.3) is 0 Å². The van der Waals surface area contributed by atoms with Crippen molar-refractivity contribution in [3.8, 4) is 0 Å². The fourth-order valence-electron chi connectivity index (χ4n) is 9.68. The van der Waals surface area contributed by atoms with Crippen LogP contribution in [0, 0.1) is 0 Å². The number of hydrogen-bond donors (Lipinski definition) is 0. The molecular formula is C62H120O6. The molecule has 0 saturated heterocycles. The van der Waals surface area contributed by atoms with Gasteiger partial charge in [-0.3, -0.25) is 14.4 Å². The molecule has 0 N–H and O–H groups in total. The normalized spacial score (nSPS) is 11.9. The minimum atomic E-state index is -0.760. The average Bonchev–Trinajstić information content (AvgIpc) is 3.34.